The molecular formula is C7H6ClF3N2O. The number of aldehydes is 1. The Morgan fingerprint density at radius 2 is 2.14 bits per heavy atom. The number of hydrogen-bond acceptors (Lipinski definition) is 2. The zero-order chi connectivity index (χ0) is 10.9. The van der Waals surface area contributed by atoms with Crippen molar-refractivity contribution in [3.05, 3.63) is 16.4 Å². The quantitative estimate of drug-likeness (QED) is 0.721. The summed E-state index contributed by atoms with van der Waals surface area (Å²) in [5.41, 5.74) is -1.38. The van der Waals surface area contributed by atoms with Crippen LogP contribution in [0.4, 0.5) is 13.2 Å². The summed E-state index contributed by atoms with van der Waals surface area (Å²) in [7, 11) is 1.28. The van der Waals surface area contributed by atoms with Crippen LogP contribution in [0.2, 0.25) is 5.15 Å². The molecule has 0 unspecified atom stereocenters. The van der Waals surface area contributed by atoms with E-state index in [1.54, 1.807) is 0 Å². The molecule has 0 aliphatic carbocycles. The lowest BCUT2D eigenvalue weighted by atomic mass is 10.2. The fourth-order valence-corrected chi connectivity index (χ4v) is 1.24. The molecule has 0 spiro atoms. The fourth-order valence-electron chi connectivity index (χ4n) is 1.04. The van der Waals surface area contributed by atoms with Crippen LogP contribution in [0.1, 0.15) is 11.3 Å². The number of hydrogen-bond donors (Lipinski definition) is 0. The Kier molecular flexibility index (Phi) is 2.84. The van der Waals surface area contributed by atoms with Gasteiger partial charge in [0.05, 0.1) is 0 Å². The van der Waals surface area contributed by atoms with Crippen molar-refractivity contribution in [2.75, 3.05) is 0 Å². The molecule has 0 amide bonds. The van der Waals surface area contributed by atoms with Gasteiger partial charge in [-0.3, -0.25) is 4.68 Å². The van der Waals surface area contributed by atoms with Gasteiger partial charge in [0.2, 0.25) is 0 Å². The molecule has 1 aromatic rings. The van der Waals surface area contributed by atoms with E-state index in [1.807, 2.05) is 0 Å². The molecule has 1 aromatic heterocycles. The van der Waals surface area contributed by atoms with Crippen LogP contribution < -0.4 is 0 Å². The SMILES string of the molecule is Cn1nc(C(F)(F)F)c(CC=O)c1Cl. The number of carbonyl (C=O) groups is 1. The summed E-state index contributed by atoms with van der Waals surface area (Å²) >= 11 is 5.54. The molecule has 0 atom stereocenters. The molecule has 3 nitrogen and oxygen atoms in total. The molecule has 0 aromatic carbocycles. The summed E-state index contributed by atoms with van der Waals surface area (Å²) in [6.07, 6.45) is -4.61. The number of nitrogens with zero attached hydrogens (tertiary/aromatic N) is 2. The molecule has 0 aliphatic heterocycles. The molecule has 78 valence electrons. The van der Waals surface area contributed by atoms with Crippen molar-refractivity contribution in [3.8, 4) is 0 Å². The van der Waals surface area contributed by atoms with E-state index in [2.05, 4.69) is 5.10 Å². The van der Waals surface area contributed by atoms with Crippen LogP contribution in [0.3, 0.4) is 0 Å². The highest BCUT2D eigenvalue weighted by Crippen LogP contribution is 2.33. The van der Waals surface area contributed by atoms with E-state index in [0.29, 0.717) is 6.29 Å². The van der Waals surface area contributed by atoms with Crippen molar-refractivity contribution in [3.63, 3.8) is 0 Å². The summed E-state index contributed by atoms with van der Waals surface area (Å²) in [5.74, 6) is 0. The number of rotatable bonds is 2. The topological polar surface area (TPSA) is 34.9 Å². The highest BCUT2D eigenvalue weighted by molar-refractivity contribution is 6.30. The van der Waals surface area contributed by atoms with Crippen molar-refractivity contribution >= 4 is 17.9 Å². The van der Waals surface area contributed by atoms with Crippen molar-refractivity contribution in [1.29, 1.82) is 0 Å². The molecule has 0 saturated heterocycles. The zero-order valence-electron chi connectivity index (χ0n) is 7.10. The lowest BCUT2D eigenvalue weighted by Gasteiger charge is -2.03. The third kappa shape index (κ3) is 1.89. The van der Waals surface area contributed by atoms with E-state index in [9.17, 15) is 18.0 Å². The zero-order valence-corrected chi connectivity index (χ0v) is 7.85. The van der Waals surface area contributed by atoms with Gasteiger partial charge in [-0.2, -0.15) is 18.3 Å². The lowest BCUT2D eigenvalue weighted by Crippen LogP contribution is -2.09. The van der Waals surface area contributed by atoms with E-state index in [1.165, 1.54) is 7.05 Å². The third-order valence-corrected chi connectivity index (χ3v) is 2.10. The second-order valence-corrected chi connectivity index (χ2v) is 2.97. The first-order chi connectivity index (χ1) is 6.38. The molecule has 0 bridgehead atoms. The Balaban J connectivity index is 3.29. The van der Waals surface area contributed by atoms with Gasteiger partial charge in [-0.25, -0.2) is 0 Å². The summed E-state index contributed by atoms with van der Waals surface area (Å²) in [4.78, 5) is 10.2. The van der Waals surface area contributed by atoms with E-state index >= 15 is 0 Å². The molecule has 7 heteroatoms. The maximum absolute atomic E-state index is 12.3. The maximum Gasteiger partial charge on any atom is 0.435 e. The predicted octanol–water partition coefficient (Wildman–Crippen LogP) is 1.83. The Morgan fingerprint density at radius 3 is 2.57 bits per heavy atom. The number of aromatic nitrogens is 2. The van der Waals surface area contributed by atoms with Gasteiger partial charge in [-0.15, -0.1) is 0 Å². The molecule has 0 fully saturated rings. The molecular weight excluding hydrogens is 221 g/mol. The van der Waals surface area contributed by atoms with Crippen molar-refractivity contribution in [2.24, 2.45) is 7.05 Å². The molecule has 0 N–H and O–H groups in total. The van der Waals surface area contributed by atoms with Gasteiger partial charge in [-0.1, -0.05) is 11.6 Å². The first-order valence-electron chi connectivity index (χ1n) is 3.60. The van der Waals surface area contributed by atoms with Crippen molar-refractivity contribution in [1.82, 2.24) is 9.78 Å². The molecule has 1 heterocycles. The van der Waals surface area contributed by atoms with Crippen LogP contribution in [-0.2, 0) is 24.4 Å². The largest absolute Gasteiger partial charge is 0.435 e. The number of alkyl halides is 3. The highest BCUT2D eigenvalue weighted by atomic mass is 35.5. The summed E-state index contributed by atoms with van der Waals surface area (Å²) in [5, 5.41) is 3.04. The predicted molar refractivity (Wildman–Crippen MR) is 43.0 cm³/mol. The van der Waals surface area contributed by atoms with E-state index in [0.717, 1.165) is 4.68 Å². The van der Waals surface area contributed by atoms with Gasteiger partial charge in [0.25, 0.3) is 0 Å². The van der Waals surface area contributed by atoms with E-state index < -0.39 is 11.9 Å². The molecule has 1 rings (SSSR count). The minimum atomic E-state index is -4.58. The average molecular weight is 227 g/mol. The maximum atomic E-state index is 12.3. The van der Waals surface area contributed by atoms with Gasteiger partial charge < -0.3 is 4.79 Å². The van der Waals surface area contributed by atoms with Gasteiger partial charge in [0.15, 0.2) is 5.69 Å². The number of aryl methyl sites for hydroxylation is 1. The van der Waals surface area contributed by atoms with Crippen molar-refractivity contribution < 1.29 is 18.0 Å². The molecule has 14 heavy (non-hydrogen) atoms. The number of halogens is 4. The second kappa shape index (κ2) is 3.61. The van der Waals surface area contributed by atoms with Gasteiger partial charge in [0.1, 0.15) is 11.4 Å². The lowest BCUT2D eigenvalue weighted by molar-refractivity contribution is -0.142. The Morgan fingerprint density at radius 1 is 1.57 bits per heavy atom. The van der Waals surface area contributed by atoms with Gasteiger partial charge >= 0.3 is 6.18 Å². The van der Waals surface area contributed by atoms with E-state index in [4.69, 9.17) is 11.6 Å². The first kappa shape index (κ1) is 11.0. The second-order valence-electron chi connectivity index (χ2n) is 2.61. The van der Waals surface area contributed by atoms with Gasteiger partial charge in [-0.05, 0) is 0 Å². The Hall–Kier alpha value is -1.04. The monoisotopic (exact) mass is 226 g/mol. The minimum Gasteiger partial charge on any atom is -0.303 e. The summed E-state index contributed by atoms with van der Waals surface area (Å²) in [6, 6.07) is 0. The van der Waals surface area contributed by atoms with Crippen LogP contribution >= 0.6 is 11.6 Å². The molecule has 0 radical (unpaired) electrons. The van der Waals surface area contributed by atoms with Crippen LogP contribution in [-0.4, -0.2) is 16.1 Å². The van der Waals surface area contributed by atoms with E-state index in [-0.39, 0.29) is 17.1 Å². The van der Waals surface area contributed by atoms with Crippen LogP contribution in [0.5, 0.6) is 0 Å². The minimum absolute atomic E-state index is 0.163. The average Bonchev–Trinajstić information content (AvgIpc) is 2.32. The van der Waals surface area contributed by atoms with Crippen LogP contribution in [0.25, 0.3) is 0 Å². The normalized spacial score (nSPS) is 11.8. The van der Waals surface area contributed by atoms with Gasteiger partial charge in [0, 0.05) is 19.0 Å². The Labute approximate surface area is 82.5 Å². The fraction of sp³-hybridized carbons (Fsp3) is 0.429. The van der Waals surface area contributed by atoms with Crippen molar-refractivity contribution in [2.45, 2.75) is 12.6 Å². The smallest absolute Gasteiger partial charge is 0.303 e. The highest BCUT2D eigenvalue weighted by Gasteiger charge is 2.38. The van der Waals surface area contributed by atoms with Crippen LogP contribution in [0, 0.1) is 0 Å². The number of carbonyl (C=O) groups excluding carboxylic acids is 1. The third-order valence-electron chi connectivity index (χ3n) is 1.62. The Bertz CT molecular complexity index is 359. The standard InChI is InChI=1S/C7H6ClF3N2O/c1-13-6(8)4(2-3-14)5(12-13)7(9,10)11/h3H,2H2,1H3. The first-order valence-corrected chi connectivity index (χ1v) is 3.98. The summed E-state index contributed by atoms with van der Waals surface area (Å²) in [6.45, 7) is 0. The molecule has 0 saturated carbocycles. The van der Waals surface area contributed by atoms with Crippen LogP contribution in [0.15, 0.2) is 0 Å². The summed E-state index contributed by atoms with van der Waals surface area (Å²) < 4.78 is 37.8. The molecule has 0 aliphatic rings.